The maximum absolute atomic E-state index is 15.6. The van der Waals surface area contributed by atoms with Gasteiger partial charge in [-0.2, -0.15) is 0 Å². The predicted octanol–water partition coefficient (Wildman–Crippen LogP) is 5.01. The van der Waals surface area contributed by atoms with Gasteiger partial charge >= 0.3 is 23.9 Å². The van der Waals surface area contributed by atoms with Crippen molar-refractivity contribution in [1.29, 1.82) is 0 Å². The topological polar surface area (TPSA) is 201 Å². The minimum atomic E-state index is -2.28. The van der Waals surface area contributed by atoms with E-state index in [0.717, 1.165) is 6.92 Å². The number of aliphatic hydroxyl groups is 2. The Morgan fingerprint density at radius 3 is 1.95 bits per heavy atom. The molecular weight excluding hydrogens is 799 g/mol. The molecule has 14 nitrogen and oxygen atoms in total. The summed E-state index contributed by atoms with van der Waals surface area (Å²) in [6, 6.07) is 23.3. The minimum absolute atomic E-state index is 0.108. The Morgan fingerprint density at radius 2 is 1.40 bits per heavy atom. The fourth-order valence-electron chi connectivity index (χ4n) is 10.5. The van der Waals surface area contributed by atoms with Gasteiger partial charge in [0.05, 0.1) is 24.1 Å². The number of carbonyl (C=O) groups is 6. The number of ether oxygens (including phenoxy) is 5. The largest absolute Gasteiger partial charge is 0.456 e. The molecule has 3 aromatic carbocycles. The summed E-state index contributed by atoms with van der Waals surface area (Å²) < 4.78 is 30.8. The van der Waals surface area contributed by atoms with Gasteiger partial charge in [0, 0.05) is 36.7 Å². The third-order valence-electron chi connectivity index (χ3n) is 13.9. The summed E-state index contributed by atoms with van der Waals surface area (Å²) in [6.07, 6.45) is -7.75. The molecule has 1 saturated heterocycles. The summed E-state index contributed by atoms with van der Waals surface area (Å²) in [7, 11) is 0. The van der Waals surface area contributed by atoms with Crippen molar-refractivity contribution in [2.75, 3.05) is 6.61 Å². The second-order valence-electron chi connectivity index (χ2n) is 17.7. The van der Waals surface area contributed by atoms with Gasteiger partial charge in [0.25, 0.3) is 5.91 Å². The Kier molecular flexibility index (Phi) is 11.8. The van der Waals surface area contributed by atoms with Gasteiger partial charge in [0.15, 0.2) is 23.6 Å². The highest BCUT2D eigenvalue weighted by atomic mass is 16.6. The first kappa shape index (κ1) is 44.4. The summed E-state index contributed by atoms with van der Waals surface area (Å²) in [4.78, 5) is 83.9. The monoisotopic (exact) mass is 851 g/mol. The van der Waals surface area contributed by atoms with E-state index in [0.29, 0.717) is 5.56 Å². The number of rotatable bonds is 10. The first-order chi connectivity index (χ1) is 29.3. The van der Waals surface area contributed by atoms with Crippen LogP contribution < -0.4 is 5.32 Å². The molecule has 2 bridgehead atoms. The number of hydrogen-bond donors (Lipinski definition) is 3. The van der Waals surface area contributed by atoms with Crippen molar-refractivity contribution in [3.8, 4) is 0 Å². The summed E-state index contributed by atoms with van der Waals surface area (Å²) in [5.74, 6) is -6.60. The Hall–Kier alpha value is -5.70. The van der Waals surface area contributed by atoms with E-state index in [2.05, 4.69) is 5.32 Å². The lowest BCUT2D eigenvalue weighted by atomic mass is 9.43. The molecular formula is C48H53NO13. The van der Waals surface area contributed by atoms with Crippen LogP contribution in [0.3, 0.4) is 0 Å². The van der Waals surface area contributed by atoms with Crippen LogP contribution in [0.1, 0.15) is 93.6 Å². The van der Waals surface area contributed by atoms with Crippen LogP contribution >= 0.6 is 0 Å². The van der Waals surface area contributed by atoms with E-state index >= 15 is 4.79 Å². The van der Waals surface area contributed by atoms with Gasteiger partial charge in [0.2, 0.25) is 0 Å². The van der Waals surface area contributed by atoms with Gasteiger partial charge in [0.1, 0.15) is 23.9 Å². The maximum atomic E-state index is 15.6. The number of amides is 1. The number of fused-ring (bicyclic) bond motifs is 5. The molecule has 1 aliphatic heterocycles. The highest BCUT2D eigenvalue weighted by molar-refractivity contribution is 5.96. The van der Waals surface area contributed by atoms with Crippen LogP contribution in [-0.4, -0.2) is 94.1 Å². The average molecular weight is 852 g/mol. The number of hydrogen-bond acceptors (Lipinski definition) is 13. The van der Waals surface area contributed by atoms with Crippen LogP contribution in [0.15, 0.2) is 102 Å². The molecule has 3 aliphatic carbocycles. The van der Waals surface area contributed by atoms with E-state index in [1.54, 1.807) is 107 Å². The first-order valence-electron chi connectivity index (χ1n) is 20.8. The molecule has 1 amide bonds. The molecule has 3 aromatic rings. The Balaban J connectivity index is 1.39. The molecule has 7 rings (SSSR count). The average Bonchev–Trinajstić information content (AvgIpc) is 3.24. The Morgan fingerprint density at radius 1 is 0.823 bits per heavy atom. The lowest BCUT2D eigenvalue weighted by Crippen LogP contribution is -2.80. The van der Waals surface area contributed by atoms with Crippen molar-refractivity contribution < 1.29 is 62.7 Å². The van der Waals surface area contributed by atoms with Crippen molar-refractivity contribution in [2.45, 2.75) is 109 Å². The van der Waals surface area contributed by atoms with E-state index in [-0.39, 0.29) is 35.3 Å². The van der Waals surface area contributed by atoms with Crippen molar-refractivity contribution in [1.82, 2.24) is 5.32 Å². The van der Waals surface area contributed by atoms with Crippen LogP contribution in [0, 0.1) is 22.7 Å². The maximum Gasteiger partial charge on any atom is 0.338 e. The highest BCUT2D eigenvalue weighted by Gasteiger charge is 2.77. The van der Waals surface area contributed by atoms with Crippen molar-refractivity contribution in [2.24, 2.45) is 22.7 Å². The molecule has 2 saturated carbocycles. The number of ketones is 1. The third kappa shape index (κ3) is 7.31. The zero-order chi connectivity index (χ0) is 44.9. The molecule has 0 spiro atoms. The van der Waals surface area contributed by atoms with Crippen molar-refractivity contribution in [3.05, 3.63) is 119 Å². The summed E-state index contributed by atoms with van der Waals surface area (Å²) in [5, 5.41) is 28.3. The summed E-state index contributed by atoms with van der Waals surface area (Å²) >= 11 is 0. The summed E-state index contributed by atoms with van der Waals surface area (Å²) in [6.45, 7) is 10.5. The summed E-state index contributed by atoms with van der Waals surface area (Å²) in [5.41, 5.74) is -5.93. The van der Waals surface area contributed by atoms with E-state index in [4.69, 9.17) is 23.7 Å². The first-order valence-corrected chi connectivity index (χ1v) is 20.8. The molecule has 3 N–H and O–H groups in total. The van der Waals surface area contributed by atoms with Crippen molar-refractivity contribution in [3.63, 3.8) is 0 Å². The SMILES string of the molecule is CC(=O)O[C@H]1C(=O)[C@@]2(C)C([C@H](OC(=O)c3ccccc3)[C@]3(O)C[C@H](OC(=O)[C@H](O)[C@@H](NC(=O)c4ccccc4)c4ccccc4)C(C)=C1C3(C)C)[C@]1(OC(C)=O)CO[C@@H]1C[C@@H]2C. The van der Waals surface area contributed by atoms with Crippen LogP contribution in [0.25, 0.3) is 0 Å². The Bertz CT molecular complexity index is 2280. The molecule has 0 aromatic heterocycles. The van der Waals surface area contributed by atoms with Gasteiger partial charge in [-0.25, -0.2) is 9.59 Å². The van der Waals surface area contributed by atoms with Gasteiger partial charge in [-0.05, 0) is 60.2 Å². The molecule has 62 heavy (non-hydrogen) atoms. The van der Waals surface area contributed by atoms with E-state index in [9.17, 15) is 34.2 Å². The van der Waals surface area contributed by atoms with Gasteiger partial charge in [-0.1, -0.05) is 94.4 Å². The zero-order valence-corrected chi connectivity index (χ0v) is 35.8. The van der Waals surface area contributed by atoms with Gasteiger partial charge in [-0.15, -0.1) is 0 Å². The number of aliphatic hydroxyl groups excluding tert-OH is 1. The number of benzene rings is 3. The van der Waals surface area contributed by atoms with Gasteiger partial charge in [-0.3, -0.25) is 19.2 Å². The molecule has 1 heterocycles. The van der Waals surface area contributed by atoms with Crippen LogP contribution in [0.5, 0.6) is 0 Å². The fourth-order valence-corrected chi connectivity index (χ4v) is 10.5. The highest BCUT2D eigenvalue weighted by Crippen LogP contribution is 2.65. The number of carbonyl (C=O) groups excluding carboxylic acids is 6. The predicted molar refractivity (Wildman–Crippen MR) is 221 cm³/mol. The second kappa shape index (κ2) is 16.5. The van der Waals surface area contributed by atoms with Crippen LogP contribution in [0.2, 0.25) is 0 Å². The number of Topliss-reactive ketones (excluding diaryl/α,β-unsaturated/α-hetero) is 1. The standard InChI is InChI=1S/C48H53NO13/c1-26-23-34-47(25-58-34,62-29(4)51)39-41(61-43(55)32-21-15-10-16-22-32)48(57)24-33(27(2)35(45(48,5)6)38(59-28(3)50)40(53)46(26,39)7)60-44(56)37(52)36(30-17-11-8-12-18-30)49-42(54)31-19-13-9-14-20-31/h8-22,26,33-34,36-39,41,52,57H,23-25H2,1-7H3,(H,49,54)/t26-,33-,34+,36-,37+,38+,39?,41-,46+,47-,48+/m0/s1. The molecule has 11 atom stereocenters. The third-order valence-corrected chi connectivity index (χ3v) is 13.9. The molecule has 328 valence electrons. The van der Waals surface area contributed by atoms with E-state index in [1.165, 1.54) is 19.1 Å². The molecule has 4 aliphatic rings. The molecule has 14 heteroatoms. The lowest BCUT2D eigenvalue weighted by molar-refractivity contribution is -0.340. The number of esters is 4. The molecule has 1 unspecified atom stereocenters. The van der Waals surface area contributed by atoms with Gasteiger partial charge < -0.3 is 39.2 Å². The Labute approximate surface area is 359 Å². The number of nitrogens with one attached hydrogen (secondary N) is 1. The quantitative estimate of drug-likeness (QED) is 0.140. The minimum Gasteiger partial charge on any atom is -0.456 e. The second-order valence-corrected chi connectivity index (χ2v) is 17.7. The lowest BCUT2D eigenvalue weighted by Gasteiger charge is -2.68. The molecule has 0 radical (unpaired) electrons. The molecule has 3 fully saturated rings. The fraction of sp³-hybridized carbons (Fsp3) is 0.458. The smallest absolute Gasteiger partial charge is 0.338 e. The van der Waals surface area contributed by atoms with E-state index in [1.807, 2.05) is 6.92 Å². The van der Waals surface area contributed by atoms with Crippen molar-refractivity contribution >= 4 is 35.6 Å². The van der Waals surface area contributed by atoms with E-state index < -0.39 is 112 Å². The van der Waals surface area contributed by atoms with Crippen LogP contribution in [-0.2, 0) is 42.9 Å². The van der Waals surface area contributed by atoms with Crippen LogP contribution in [0.4, 0.5) is 0 Å². The normalized spacial score (nSPS) is 31.9. The zero-order valence-electron chi connectivity index (χ0n) is 35.8.